The van der Waals surface area contributed by atoms with Crippen molar-refractivity contribution < 1.29 is 4.79 Å². The second-order valence-electron chi connectivity index (χ2n) is 5.57. The zero-order valence-electron chi connectivity index (χ0n) is 13.7. The monoisotopic (exact) mass is 295 g/mol. The number of hydrogen-bond donors (Lipinski definition) is 2. The van der Waals surface area contributed by atoms with Crippen LogP contribution < -0.4 is 11.5 Å². The topological polar surface area (TPSA) is 106 Å². The third kappa shape index (κ3) is 10.7. The quantitative estimate of drug-likeness (QED) is 0.276. The largest absolute Gasteiger partial charge is 0.387 e. The van der Waals surface area contributed by atoms with E-state index in [1.165, 1.54) is 0 Å². The highest BCUT2D eigenvalue weighted by Gasteiger charge is 2.09. The molecule has 0 amide bonds. The highest BCUT2D eigenvalue weighted by atomic mass is 16.1. The van der Waals surface area contributed by atoms with Crippen LogP contribution in [0.2, 0.25) is 0 Å². The van der Waals surface area contributed by atoms with Crippen LogP contribution in [-0.2, 0) is 4.79 Å². The summed E-state index contributed by atoms with van der Waals surface area (Å²) in [6.45, 7) is 6.91. The summed E-state index contributed by atoms with van der Waals surface area (Å²) in [7, 11) is 1.70. The van der Waals surface area contributed by atoms with Crippen molar-refractivity contribution >= 4 is 23.7 Å². The fraction of sp³-hybridized carbons (Fsp3) is 0.733. The van der Waals surface area contributed by atoms with Gasteiger partial charge in [-0.15, -0.1) is 0 Å². The fourth-order valence-electron chi connectivity index (χ4n) is 1.73. The van der Waals surface area contributed by atoms with Gasteiger partial charge in [-0.1, -0.05) is 13.8 Å². The Balaban J connectivity index is 4.38. The molecule has 6 heteroatoms. The molecule has 21 heavy (non-hydrogen) atoms. The number of aldehydes is 1. The summed E-state index contributed by atoms with van der Waals surface area (Å²) in [5.74, 6) is 1.51. The molecule has 0 rings (SSSR count). The average Bonchev–Trinajstić information content (AvgIpc) is 2.42. The molecule has 1 atom stereocenters. The van der Waals surface area contributed by atoms with Crippen molar-refractivity contribution in [2.45, 2.75) is 52.5 Å². The molecule has 0 aliphatic heterocycles. The number of carbonyl (C=O) groups excluding carboxylic acids is 1. The summed E-state index contributed by atoms with van der Waals surface area (Å²) in [5.41, 5.74) is 12.5. The molecule has 0 saturated carbocycles. The first-order valence-corrected chi connectivity index (χ1v) is 7.37. The molecule has 0 heterocycles. The molecule has 120 valence electrons. The molecule has 1 unspecified atom stereocenters. The van der Waals surface area contributed by atoms with Gasteiger partial charge in [0.2, 0.25) is 0 Å². The molecule has 0 radical (unpaired) electrons. The molecular weight excluding hydrogens is 266 g/mol. The Morgan fingerprint density at radius 3 is 2.43 bits per heavy atom. The van der Waals surface area contributed by atoms with Crippen LogP contribution in [0.1, 0.15) is 46.5 Å². The molecule has 0 bridgehead atoms. The minimum Gasteiger partial charge on any atom is -0.387 e. The standard InChI is InChI=1S/C15H29N5O/c1-11(2)6-5-7-19-14(16)9-13(10-21)20-15(17)8-12(3)18-4/h10-11,13H,5-9H2,1-4H3,(H2,16,19)(H2,17,20). The number of rotatable bonds is 10. The van der Waals surface area contributed by atoms with E-state index in [4.69, 9.17) is 11.5 Å². The Morgan fingerprint density at radius 2 is 1.90 bits per heavy atom. The van der Waals surface area contributed by atoms with E-state index in [2.05, 4.69) is 28.8 Å². The van der Waals surface area contributed by atoms with Crippen LogP contribution in [0.25, 0.3) is 0 Å². The van der Waals surface area contributed by atoms with Gasteiger partial charge in [0.1, 0.15) is 18.2 Å². The highest BCUT2D eigenvalue weighted by Crippen LogP contribution is 2.04. The lowest BCUT2D eigenvalue weighted by Gasteiger charge is -2.08. The van der Waals surface area contributed by atoms with E-state index in [1.54, 1.807) is 7.05 Å². The molecule has 0 saturated heterocycles. The normalized spacial score (nSPS) is 15.4. The third-order valence-electron chi connectivity index (χ3n) is 2.98. The summed E-state index contributed by atoms with van der Waals surface area (Å²) in [4.78, 5) is 23.5. The summed E-state index contributed by atoms with van der Waals surface area (Å²) in [6, 6.07) is -0.566. The summed E-state index contributed by atoms with van der Waals surface area (Å²) >= 11 is 0. The zero-order valence-corrected chi connectivity index (χ0v) is 13.7. The molecule has 4 N–H and O–H groups in total. The predicted molar refractivity (Wildman–Crippen MR) is 90.3 cm³/mol. The van der Waals surface area contributed by atoms with E-state index in [-0.39, 0.29) is 0 Å². The third-order valence-corrected chi connectivity index (χ3v) is 2.98. The second kappa shape index (κ2) is 11.0. The molecule has 0 aromatic heterocycles. The van der Waals surface area contributed by atoms with E-state index in [0.717, 1.165) is 24.8 Å². The lowest BCUT2D eigenvalue weighted by atomic mass is 10.1. The first-order valence-electron chi connectivity index (χ1n) is 7.37. The van der Waals surface area contributed by atoms with Crippen LogP contribution in [0.3, 0.4) is 0 Å². The minimum absolute atomic E-state index is 0.314. The molecule has 0 aliphatic carbocycles. The fourth-order valence-corrected chi connectivity index (χ4v) is 1.73. The van der Waals surface area contributed by atoms with Crippen LogP contribution in [0.15, 0.2) is 15.0 Å². The van der Waals surface area contributed by atoms with Crippen molar-refractivity contribution in [3.63, 3.8) is 0 Å². The number of nitrogens with zero attached hydrogens (tertiary/aromatic N) is 3. The Labute approximate surface area is 127 Å². The molecule has 0 aromatic rings. The van der Waals surface area contributed by atoms with Crippen molar-refractivity contribution in [2.24, 2.45) is 32.4 Å². The van der Waals surface area contributed by atoms with Crippen LogP contribution in [0, 0.1) is 5.92 Å². The Kier molecular flexibility index (Phi) is 10.1. The first kappa shape index (κ1) is 19.3. The van der Waals surface area contributed by atoms with Crippen molar-refractivity contribution in [1.29, 1.82) is 0 Å². The van der Waals surface area contributed by atoms with E-state index in [0.29, 0.717) is 37.0 Å². The highest BCUT2D eigenvalue weighted by molar-refractivity contribution is 6.02. The predicted octanol–water partition coefficient (Wildman–Crippen LogP) is 1.58. The van der Waals surface area contributed by atoms with Gasteiger partial charge in [-0.2, -0.15) is 0 Å². The number of carbonyl (C=O) groups is 1. The number of aliphatic imine (C=N–C) groups is 3. The number of amidine groups is 2. The average molecular weight is 295 g/mol. The lowest BCUT2D eigenvalue weighted by Crippen LogP contribution is -2.25. The first-order chi connectivity index (χ1) is 9.88. The SMILES string of the molecule is CN=C(C)CC(N)=NC(C=O)CC(N)=NCCCC(C)C. The van der Waals surface area contributed by atoms with E-state index in [9.17, 15) is 4.79 Å². The van der Waals surface area contributed by atoms with Gasteiger partial charge >= 0.3 is 0 Å². The summed E-state index contributed by atoms with van der Waals surface area (Å²) < 4.78 is 0. The van der Waals surface area contributed by atoms with Crippen LogP contribution in [0.4, 0.5) is 0 Å². The van der Waals surface area contributed by atoms with Gasteiger partial charge in [0.25, 0.3) is 0 Å². The van der Waals surface area contributed by atoms with Crippen molar-refractivity contribution in [1.82, 2.24) is 0 Å². The van der Waals surface area contributed by atoms with Gasteiger partial charge in [-0.25, -0.2) is 0 Å². The smallest absolute Gasteiger partial charge is 0.145 e. The molecule has 0 fully saturated rings. The van der Waals surface area contributed by atoms with Crippen molar-refractivity contribution in [3.05, 3.63) is 0 Å². The minimum atomic E-state index is -0.566. The second-order valence-corrected chi connectivity index (χ2v) is 5.57. The van der Waals surface area contributed by atoms with Crippen molar-refractivity contribution in [3.8, 4) is 0 Å². The maximum absolute atomic E-state index is 11.0. The maximum Gasteiger partial charge on any atom is 0.145 e. The maximum atomic E-state index is 11.0. The molecular formula is C15H29N5O. The van der Waals surface area contributed by atoms with Crippen LogP contribution in [-0.4, -0.2) is 43.3 Å². The molecule has 0 aliphatic rings. The number of hydrogen-bond acceptors (Lipinski definition) is 4. The molecule has 0 spiro atoms. The van der Waals surface area contributed by atoms with Gasteiger partial charge in [0.15, 0.2) is 0 Å². The lowest BCUT2D eigenvalue weighted by molar-refractivity contribution is -0.108. The van der Waals surface area contributed by atoms with Crippen molar-refractivity contribution in [2.75, 3.05) is 13.6 Å². The van der Waals surface area contributed by atoms with E-state index < -0.39 is 6.04 Å². The Morgan fingerprint density at radius 1 is 1.24 bits per heavy atom. The van der Waals surface area contributed by atoms with E-state index in [1.807, 2.05) is 6.92 Å². The number of nitrogens with two attached hydrogens (primary N) is 2. The van der Waals surface area contributed by atoms with Crippen LogP contribution >= 0.6 is 0 Å². The Hall–Kier alpha value is -1.72. The van der Waals surface area contributed by atoms with Gasteiger partial charge < -0.3 is 16.3 Å². The van der Waals surface area contributed by atoms with Gasteiger partial charge in [0.05, 0.1) is 5.84 Å². The van der Waals surface area contributed by atoms with Crippen LogP contribution in [0.5, 0.6) is 0 Å². The van der Waals surface area contributed by atoms with Gasteiger partial charge in [-0.05, 0) is 25.7 Å². The van der Waals surface area contributed by atoms with Gasteiger partial charge in [-0.3, -0.25) is 15.0 Å². The van der Waals surface area contributed by atoms with Gasteiger partial charge in [0, 0.05) is 32.1 Å². The molecule has 6 nitrogen and oxygen atoms in total. The Bertz CT molecular complexity index is 399. The summed E-state index contributed by atoms with van der Waals surface area (Å²) in [6.07, 6.45) is 3.65. The molecule has 0 aromatic carbocycles. The zero-order chi connectivity index (χ0) is 16.3. The van der Waals surface area contributed by atoms with E-state index >= 15 is 0 Å². The summed E-state index contributed by atoms with van der Waals surface area (Å²) in [5, 5.41) is 0.